The van der Waals surface area contributed by atoms with E-state index in [1.165, 1.54) is 6.07 Å². The number of amidine groups is 1. The Bertz CT molecular complexity index is 974. The predicted molar refractivity (Wildman–Crippen MR) is 132 cm³/mol. The van der Waals surface area contributed by atoms with Crippen LogP contribution < -0.4 is 15.5 Å². The van der Waals surface area contributed by atoms with Gasteiger partial charge in [-0.25, -0.2) is 0 Å². The van der Waals surface area contributed by atoms with Crippen LogP contribution >= 0.6 is 0 Å². The first-order valence-corrected chi connectivity index (χ1v) is 11.4. The molecule has 1 aliphatic rings. The number of likely N-dealkylation sites (N-methyl/N-ethyl adjacent to an activating group) is 1. The third kappa shape index (κ3) is 8.41. The number of rotatable bonds is 11. The van der Waals surface area contributed by atoms with E-state index in [9.17, 15) is 26.3 Å². The standard InChI is InChI=1S/C25H33F6N5/c1-6-22(23(32-4)35(5)21-9-7-8-19(12-21)25(29,30)31)18(3)36-14-20(15-36)34-11-10-17(2)13-33-16-24(26,27)28/h6-9,12,20,33-34H,1-2,10-11,13-16H2,3-5H3/b22-18+,32-23+. The summed E-state index contributed by atoms with van der Waals surface area (Å²) in [6.45, 7) is 10.7. The second-order valence-corrected chi connectivity index (χ2v) is 8.63. The number of allylic oxidation sites excluding steroid dienone is 1. The van der Waals surface area contributed by atoms with E-state index in [0.29, 0.717) is 48.7 Å². The van der Waals surface area contributed by atoms with Gasteiger partial charge in [-0.3, -0.25) is 4.99 Å². The summed E-state index contributed by atoms with van der Waals surface area (Å²) in [7, 11) is 3.23. The molecule has 36 heavy (non-hydrogen) atoms. The van der Waals surface area contributed by atoms with Crippen molar-refractivity contribution < 1.29 is 26.3 Å². The number of benzene rings is 1. The number of aliphatic imine (C=N–C) groups is 1. The zero-order valence-corrected chi connectivity index (χ0v) is 20.7. The lowest BCUT2D eigenvalue weighted by atomic mass is 10.0. The predicted octanol–water partition coefficient (Wildman–Crippen LogP) is 5.00. The number of likely N-dealkylation sites (tertiary alicyclic amines) is 1. The Hall–Kier alpha value is -2.79. The van der Waals surface area contributed by atoms with E-state index in [-0.39, 0.29) is 12.6 Å². The molecule has 1 heterocycles. The average Bonchev–Trinajstić information content (AvgIpc) is 2.76. The molecule has 5 nitrogen and oxygen atoms in total. The van der Waals surface area contributed by atoms with Crippen molar-refractivity contribution in [3.05, 3.63) is 65.9 Å². The van der Waals surface area contributed by atoms with Gasteiger partial charge < -0.3 is 20.4 Å². The number of nitrogens with one attached hydrogen (secondary N) is 2. The van der Waals surface area contributed by atoms with Gasteiger partial charge in [0, 0.05) is 56.7 Å². The molecule has 200 valence electrons. The lowest BCUT2D eigenvalue weighted by molar-refractivity contribution is -0.137. The highest BCUT2D eigenvalue weighted by molar-refractivity contribution is 6.11. The van der Waals surface area contributed by atoms with Crippen LogP contribution in [0, 0.1) is 0 Å². The number of alkyl halides is 6. The molecule has 0 spiro atoms. The summed E-state index contributed by atoms with van der Waals surface area (Å²) in [5.74, 6) is 0.487. The third-order valence-electron chi connectivity index (χ3n) is 5.89. The maximum atomic E-state index is 13.2. The zero-order valence-electron chi connectivity index (χ0n) is 20.7. The molecular formula is C25H33F6N5. The number of nitrogens with zero attached hydrogens (tertiary/aromatic N) is 3. The van der Waals surface area contributed by atoms with Crippen molar-refractivity contribution in [2.75, 3.05) is 51.7 Å². The molecule has 0 aromatic heterocycles. The molecular weight excluding hydrogens is 484 g/mol. The highest BCUT2D eigenvalue weighted by atomic mass is 19.4. The summed E-state index contributed by atoms with van der Waals surface area (Å²) in [5, 5.41) is 5.70. The third-order valence-corrected chi connectivity index (χ3v) is 5.89. The number of halogens is 6. The summed E-state index contributed by atoms with van der Waals surface area (Å²) < 4.78 is 76.1. The molecule has 0 bridgehead atoms. The van der Waals surface area contributed by atoms with Crippen molar-refractivity contribution in [1.29, 1.82) is 0 Å². The summed E-state index contributed by atoms with van der Waals surface area (Å²) in [4.78, 5) is 8.03. The van der Waals surface area contributed by atoms with Crippen LogP contribution in [0.4, 0.5) is 32.0 Å². The van der Waals surface area contributed by atoms with Gasteiger partial charge in [-0.15, -0.1) is 0 Å². The zero-order chi connectivity index (χ0) is 27.1. The molecule has 1 aromatic carbocycles. The van der Waals surface area contributed by atoms with Crippen LogP contribution in [-0.4, -0.2) is 69.8 Å². The molecule has 0 aliphatic carbocycles. The maximum Gasteiger partial charge on any atom is 0.416 e. The van der Waals surface area contributed by atoms with Gasteiger partial charge in [0.2, 0.25) is 0 Å². The molecule has 0 unspecified atom stereocenters. The van der Waals surface area contributed by atoms with Crippen molar-refractivity contribution >= 4 is 11.5 Å². The molecule has 0 amide bonds. The van der Waals surface area contributed by atoms with Gasteiger partial charge in [0.05, 0.1) is 12.1 Å². The minimum absolute atomic E-state index is 0.112. The number of anilines is 1. The number of hydrogen-bond donors (Lipinski definition) is 2. The van der Waals surface area contributed by atoms with E-state index >= 15 is 0 Å². The van der Waals surface area contributed by atoms with Crippen molar-refractivity contribution in [3.63, 3.8) is 0 Å². The quantitative estimate of drug-likeness (QED) is 0.143. The molecule has 1 aliphatic heterocycles. The van der Waals surface area contributed by atoms with E-state index in [4.69, 9.17) is 0 Å². The minimum Gasteiger partial charge on any atom is -0.371 e. The fourth-order valence-electron chi connectivity index (χ4n) is 3.84. The van der Waals surface area contributed by atoms with Crippen LogP contribution in [0.5, 0.6) is 0 Å². The Morgan fingerprint density at radius 1 is 1.22 bits per heavy atom. The normalized spacial score (nSPS) is 15.9. The minimum atomic E-state index is -4.45. The highest BCUT2D eigenvalue weighted by Gasteiger charge is 2.32. The van der Waals surface area contributed by atoms with Gasteiger partial charge >= 0.3 is 12.4 Å². The van der Waals surface area contributed by atoms with Gasteiger partial charge in [0.1, 0.15) is 5.84 Å². The lowest BCUT2D eigenvalue weighted by Crippen LogP contribution is -2.57. The fourth-order valence-corrected chi connectivity index (χ4v) is 3.84. The fraction of sp³-hybridized carbons (Fsp3) is 0.480. The molecule has 1 fully saturated rings. The first kappa shape index (κ1) is 29.4. The van der Waals surface area contributed by atoms with Crippen molar-refractivity contribution in [1.82, 2.24) is 15.5 Å². The average molecular weight is 518 g/mol. The summed E-state index contributed by atoms with van der Waals surface area (Å²) in [6.07, 6.45) is -6.49. The van der Waals surface area contributed by atoms with Crippen LogP contribution in [-0.2, 0) is 6.18 Å². The topological polar surface area (TPSA) is 42.9 Å². The lowest BCUT2D eigenvalue weighted by Gasteiger charge is -2.43. The number of hydrogen-bond acceptors (Lipinski definition) is 4. The van der Waals surface area contributed by atoms with Gasteiger partial charge in [-0.05, 0) is 38.1 Å². The van der Waals surface area contributed by atoms with Crippen LogP contribution in [0.3, 0.4) is 0 Å². The molecule has 1 aromatic rings. The molecule has 2 rings (SSSR count). The van der Waals surface area contributed by atoms with Gasteiger partial charge in [0.15, 0.2) is 0 Å². The van der Waals surface area contributed by atoms with Gasteiger partial charge in [0.25, 0.3) is 0 Å². The molecule has 0 radical (unpaired) electrons. The highest BCUT2D eigenvalue weighted by Crippen LogP contribution is 2.32. The molecule has 11 heteroatoms. The Labute approximate surface area is 208 Å². The first-order valence-electron chi connectivity index (χ1n) is 11.4. The van der Waals surface area contributed by atoms with E-state index in [0.717, 1.165) is 17.8 Å². The monoisotopic (exact) mass is 517 g/mol. The van der Waals surface area contributed by atoms with Crippen molar-refractivity contribution in [2.45, 2.75) is 31.7 Å². The SMILES string of the molecule is C=CC(/C(=N\C)N(C)c1cccc(C(F)(F)F)c1)=C(/C)N1CC(NCCC(=C)CNCC(F)(F)F)C1. The molecule has 0 atom stereocenters. The van der Waals surface area contributed by atoms with Gasteiger partial charge in [-0.2, -0.15) is 26.3 Å². The Morgan fingerprint density at radius 3 is 2.44 bits per heavy atom. The van der Waals surface area contributed by atoms with E-state index < -0.39 is 24.5 Å². The molecule has 0 saturated carbocycles. The first-order chi connectivity index (χ1) is 16.8. The Kier molecular flexibility index (Phi) is 10.2. The summed E-state index contributed by atoms with van der Waals surface area (Å²) in [6, 6.07) is 5.25. The molecule has 2 N–H and O–H groups in total. The summed E-state index contributed by atoms with van der Waals surface area (Å²) >= 11 is 0. The Balaban J connectivity index is 1.94. The second kappa shape index (κ2) is 12.4. The van der Waals surface area contributed by atoms with E-state index in [1.54, 1.807) is 31.1 Å². The maximum absolute atomic E-state index is 13.2. The Morgan fingerprint density at radius 2 is 1.89 bits per heavy atom. The van der Waals surface area contributed by atoms with Crippen LogP contribution in [0.1, 0.15) is 18.9 Å². The van der Waals surface area contributed by atoms with Crippen molar-refractivity contribution in [2.24, 2.45) is 4.99 Å². The second-order valence-electron chi connectivity index (χ2n) is 8.63. The van der Waals surface area contributed by atoms with Gasteiger partial charge in [-0.1, -0.05) is 30.9 Å². The molecule has 1 saturated heterocycles. The van der Waals surface area contributed by atoms with Crippen LogP contribution in [0.2, 0.25) is 0 Å². The van der Waals surface area contributed by atoms with Crippen LogP contribution in [0.25, 0.3) is 0 Å². The summed E-state index contributed by atoms with van der Waals surface area (Å²) in [5.41, 5.74) is 1.90. The van der Waals surface area contributed by atoms with Crippen molar-refractivity contribution in [3.8, 4) is 0 Å². The van der Waals surface area contributed by atoms with E-state index in [1.807, 2.05) is 6.92 Å². The smallest absolute Gasteiger partial charge is 0.371 e. The largest absolute Gasteiger partial charge is 0.416 e. The van der Waals surface area contributed by atoms with Crippen LogP contribution in [0.15, 0.2) is 65.3 Å². The van der Waals surface area contributed by atoms with E-state index in [2.05, 4.69) is 33.7 Å².